The summed E-state index contributed by atoms with van der Waals surface area (Å²) in [5.74, 6) is -3.75. The fourth-order valence-corrected chi connectivity index (χ4v) is 25.2. The van der Waals surface area contributed by atoms with Crippen molar-refractivity contribution in [3.8, 4) is 0 Å². The molecule has 28 aromatic carbocycles. The second-order valence-corrected chi connectivity index (χ2v) is 27.1. The van der Waals surface area contributed by atoms with Crippen LogP contribution in [0.4, 0.5) is 13.2 Å². The zero-order valence-electron chi connectivity index (χ0n) is 40.5. The summed E-state index contributed by atoms with van der Waals surface area (Å²) in [5.41, 5.74) is 5.98. The molecule has 0 radical (unpaired) electrons. The second-order valence-electron chi connectivity index (χ2n) is 27.1. The van der Waals surface area contributed by atoms with Gasteiger partial charge in [0.2, 0.25) is 5.60 Å². The molecule has 5 aliphatic rings. The van der Waals surface area contributed by atoms with E-state index in [1.807, 2.05) is 5.32 Å². The first-order valence-corrected chi connectivity index (χ1v) is 28.5. The van der Waals surface area contributed by atoms with Gasteiger partial charge < -0.3 is 25.2 Å². The van der Waals surface area contributed by atoms with Crippen LogP contribution in [0.5, 0.6) is 0 Å². The van der Waals surface area contributed by atoms with E-state index in [4.69, 9.17) is 19.9 Å². The first-order valence-electron chi connectivity index (χ1n) is 28.5. The van der Waals surface area contributed by atoms with Crippen LogP contribution in [0.1, 0.15) is 47.9 Å². The number of quaternary nitrogens is 1. The number of carbonyl (C=O) groups excluding carboxylic acids is 1. The van der Waals surface area contributed by atoms with Crippen LogP contribution in [0.25, 0.3) is 291 Å². The second kappa shape index (κ2) is 8.14. The molecule has 0 saturated carbocycles. The van der Waals surface area contributed by atoms with Gasteiger partial charge in [0.1, 0.15) is 11.4 Å². The molecule has 2 spiro atoms. The number of aliphatic carboxylic acids is 2. The Morgan fingerprint density at radius 3 is 0.838 bits per heavy atom. The van der Waals surface area contributed by atoms with Gasteiger partial charge in [-0.25, -0.2) is 4.79 Å². The van der Waals surface area contributed by atoms with Crippen LogP contribution in [0, 0.1) is 0 Å². The van der Waals surface area contributed by atoms with E-state index < -0.39 is 29.1 Å². The molecule has 28 aromatic rings. The minimum Gasteiger partial charge on any atom is -0.542 e. The normalized spacial score (nSPS) is 21.0. The van der Waals surface area contributed by atoms with Crippen LogP contribution in [0.3, 0.4) is 0 Å². The van der Waals surface area contributed by atoms with E-state index in [-0.39, 0.29) is 6.54 Å². The number of rotatable bonds is 8. The SMILES string of the molecule is O=C(O)C[NH2+]CCCCCC1=NOC23c4c5c6c7c8c9c(c%10c%11c2c2c4c4c%12c5c5c6c6c8c8c%13c9c9c%10c%10c%11c%11c2c2c4c4c%12c%12c5c5c6c8c6c8c%13c9c9c%10c%10c%11c2c2c4c4c%12c5c6c5c8c9c%10c2c45)C173.O=C([O-])C(F)(F)F. The summed E-state index contributed by atoms with van der Waals surface area (Å²) in [7, 11) is 0. The highest BCUT2D eigenvalue weighted by molar-refractivity contribution is 6.82. The Labute approximate surface area is 433 Å². The first-order chi connectivity index (χ1) is 39.2. The van der Waals surface area contributed by atoms with Crippen molar-refractivity contribution in [2.24, 2.45) is 5.16 Å². The third-order valence-corrected chi connectivity index (χ3v) is 25.8. The van der Waals surface area contributed by atoms with E-state index in [0.29, 0.717) is 0 Å². The summed E-state index contributed by atoms with van der Waals surface area (Å²) in [4.78, 5) is 28.4. The van der Waals surface area contributed by atoms with Gasteiger partial charge >= 0.3 is 12.1 Å². The molecule has 3 N–H and O–H groups in total. The van der Waals surface area contributed by atoms with Crippen molar-refractivity contribution < 1.29 is 43.1 Å². The first kappa shape index (κ1) is 33.8. The van der Waals surface area contributed by atoms with Crippen LogP contribution < -0.4 is 10.4 Å². The number of alkyl halides is 3. The molecule has 0 atom stereocenters. The summed E-state index contributed by atoms with van der Waals surface area (Å²) in [6.07, 6.45) is -1.29. The number of carboxylic acid groups (broad SMARTS) is 2. The molecule has 0 saturated heterocycles. The van der Waals surface area contributed by atoms with Crippen LogP contribution in [-0.4, -0.2) is 42.0 Å². The number of nitrogens with zero attached hydrogens (tertiary/aromatic N) is 1. The Balaban J connectivity index is 0.000000514. The Hall–Kier alpha value is -9.38. The highest BCUT2D eigenvalue weighted by Gasteiger charge is 2.76. The zero-order chi connectivity index (χ0) is 50.1. The highest BCUT2D eigenvalue weighted by atomic mass is 19.4. The van der Waals surface area contributed by atoms with E-state index in [2.05, 4.69) is 0 Å². The number of halogens is 3. The summed E-state index contributed by atoms with van der Waals surface area (Å²) in [6, 6.07) is 0. The molecule has 1 heterocycles. The van der Waals surface area contributed by atoms with Crippen LogP contribution >= 0.6 is 0 Å². The smallest absolute Gasteiger partial charge is 0.430 e. The molecule has 4 aliphatic carbocycles. The van der Waals surface area contributed by atoms with Crippen molar-refractivity contribution in [1.82, 2.24) is 0 Å². The van der Waals surface area contributed by atoms with Crippen molar-refractivity contribution in [2.75, 3.05) is 13.1 Å². The Morgan fingerprint density at radius 1 is 0.388 bits per heavy atom. The van der Waals surface area contributed by atoms with Crippen molar-refractivity contribution >= 4 is 309 Å². The lowest BCUT2D eigenvalue weighted by molar-refractivity contribution is -0.645. The van der Waals surface area contributed by atoms with Crippen LogP contribution in [-0.2, 0) is 25.4 Å². The number of carboxylic acids is 2. The summed E-state index contributed by atoms with van der Waals surface area (Å²) >= 11 is 0. The number of unbranched alkanes of at least 4 members (excludes halogenated alkanes) is 2. The van der Waals surface area contributed by atoms with E-state index in [1.54, 1.807) is 280 Å². The highest BCUT2D eigenvalue weighted by Crippen LogP contribution is 2.85. The van der Waals surface area contributed by atoms with Crippen molar-refractivity contribution in [3.05, 3.63) is 22.3 Å². The van der Waals surface area contributed by atoms with Gasteiger partial charge in [0.05, 0.1) is 12.3 Å². The maximum absolute atomic E-state index is 11.5. The Kier molecular flexibility index (Phi) is 3.44. The average Bonchev–Trinajstić information content (AvgIpc) is 1.40. The molecule has 0 aromatic heterocycles. The number of carbonyl (C=O) groups is 2. The fourth-order valence-electron chi connectivity index (χ4n) is 25.2. The van der Waals surface area contributed by atoms with Crippen molar-refractivity contribution in [3.63, 3.8) is 0 Å². The van der Waals surface area contributed by atoms with E-state index >= 15 is 0 Å². The van der Waals surface area contributed by atoms with Gasteiger partial charge in [0.15, 0.2) is 6.54 Å². The van der Waals surface area contributed by atoms with Gasteiger partial charge in [-0.3, -0.25) is 0 Å². The maximum atomic E-state index is 11.5. The molecular formula is C70H15F3N2O5. The summed E-state index contributed by atoms with van der Waals surface area (Å²) in [5, 5.41) is 112. The van der Waals surface area contributed by atoms with Gasteiger partial charge in [-0.2, -0.15) is 13.2 Å². The molecule has 356 valence electrons. The molecule has 7 nitrogen and oxygen atoms in total. The lowest BCUT2D eigenvalue weighted by Gasteiger charge is -2.47. The quantitative estimate of drug-likeness (QED) is 0.116. The predicted octanol–water partition coefficient (Wildman–Crippen LogP) is 15.1. The topological polar surface area (TPSA) is 116 Å². The molecule has 80 heavy (non-hydrogen) atoms. The molecule has 1 aliphatic heterocycles. The van der Waals surface area contributed by atoms with Crippen molar-refractivity contribution in [1.29, 1.82) is 0 Å². The lowest BCUT2D eigenvalue weighted by Crippen LogP contribution is -2.85. The maximum Gasteiger partial charge on any atom is 0.430 e. The Bertz CT molecular complexity index is 7400. The number of nitrogens with two attached hydrogens (primary N) is 1. The summed E-state index contributed by atoms with van der Waals surface area (Å²) in [6.45, 7) is 0.964. The molecule has 10 heteroatoms. The largest absolute Gasteiger partial charge is 0.542 e. The third-order valence-electron chi connectivity index (χ3n) is 25.8. The van der Waals surface area contributed by atoms with Gasteiger partial charge in [0.25, 0.3) is 0 Å². The minimum atomic E-state index is -5.19. The van der Waals surface area contributed by atoms with Crippen LogP contribution in [0.2, 0.25) is 0 Å². The van der Waals surface area contributed by atoms with Gasteiger partial charge in [-0.1, -0.05) is 5.16 Å². The average molecular weight is 1020 g/mol. The number of hydrogen-bond donors (Lipinski definition) is 2. The van der Waals surface area contributed by atoms with Crippen LogP contribution in [0.15, 0.2) is 5.16 Å². The van der Waals surface area contributed by atoms with E-state index in [0.717, 1.165) is 32.2 Å². The zero-order valence-corrected chi connectivity index (χ0v) is 40.5. The molecule has 0 amide bonds. The van der Waals surface area contributed by atoms with Crippen molar-refractivity contribution in [2.45, 2.75) is 42.9 Å². The fraction of sp³-hybridized carbons (Fsp3) is 0.129. The number of oxime groups is 1. The lowest BCUT2D eigenvalue weighted by atomic mass is 9.52. The molecular weight excluding hydrogens is 1010 g/mol. The van der Waals surface area contributed by atoms with Gasteiger partial charge in [-0.15, -0.1) is 0 Å². The Morgan fingerprint density at radius 2 is 0.613 bits per heavy atom. The minimum absolute atomic E-state index is 0.133. The summed E-state index contributed by atoms with van der Waals surface area (Å²) < 4.78 is 31.5. The number of benzene rings is 18. The monoisotopic (exact) mass is 1020 g/mol. The van der Waals surface area contributed by atoms with E-state index in [9.17, 15) is 23.1 Å². The van der Waals surface area contributed by atoms with Gasteiger partial charge in [0, 0.05) is 11.1 Å². The third kappa shape index (κ3) is 2.05. The number of hydrogen-bond acceptors (Lipinski definition) is 5. The molecule has 33 rings (SSSR count). The molecule has 0 fully saturated rings. The molecule has 0 bridgehead atoms. The van der Waals surface area contributed by atoms with Gasteiger partial charge in [-0.05, 0) is 328 Å². The predicted molar refractivity (Wildman–Crippen MR) is 311 cm³/mol. The molecule has 0 unspecified atom stereocenters. The van der Waals surface area contributed by atoms with E-state index in [1.165, 1.54) is 38.4 Å². The standard InChI is InChI=1S/C68H14N2O3.C2HF3O2/c71-8(72)6-69-5-3-1-2-4-7-67-63-55-47-37-27-19-11-9-10-13-17-15(11)23-31-25(17)35-29-21(13)22-14(10)18-16-12(9)20(19)28-34-24(16)32-26(18)36-30(22)40-39(29)51-45(35)53-43(31)49(41(47)33(23)27)57(63)59(53)65-61(51)62-52(40)46(36)54-44(32)50-42(34)48(38(28)37)56(55)64(67)58(50)60(54)66(62)68(65,67)73-70-7;3-2(4,5)1(6)7/h69H,1-6H2,(H,71,72);(H,6,7).